The Morgan fingerprint density at radius 3 is 1.37 bits per heavy atom. The Morgan fingerprint density at radius 1 is 0.627 bits per heavy atom. The van der Waals surface area contributed by atoms with Crippen LogP contribution in [0.25, 0.3) is 0 Å². The Balaban J connectivity index is 0.999. The number of nitriles is 2. The van der Waals surface area contributed by atoms with Crippen molar-refractivity contribution in [1.29, 1.82) is 10.5 Å². The first-order chi connectivity index (χ1) is 28.3. The normalized spacial score (nSPS) is 19.1. The number of rotatable bonds is 10. The summed E-state index contributed by atoms with van der Waals surface area (Å²) in [6.07, 6.45) is 0. The van der Waals surface area contributed by atoms with Gasteiger partial charge in [-0.05, 0) is 71.8 Å². The maximum Gasteiger partial charge on any atom is 0.327 e. The number of hydrogen-bond acceptors (Lipinski definition) is 6. The molecule has 2 atom stereocenters. The summed E-state index contributed by atoms with van der Waals surface area (Å²) in [7, 11) is 4.07. The fourth-order valence-electron chi connectivity index (χ4n) is 8.02. The van der Waals surface area contributed by atoms with Crippen molar-refractivity contribution in [2.45, 2.75) is 12.1 Å². The average Bonchev–Trinajstić information content (AvgIpc) is 3.73. The van der Waals surface area contributed by atoms with E-state index in [1.165, 1.54) is 9.80 Å². The maximum atomic E-state index is 14.3. The van der Waals surface area contributed by atoms with Gasteiger partial charge in [-0.2, -0.15) is 10.5 Å². The summed E-state index contributed by atoms with van der Waals surface area (Å²) >= 11 is 12.7. The van der Waals surface area contributed by atoms with Crippen LogP contribution in [-0.4, -0.2) is 91.5 Å². The highest BCUT2D eigenvalue weighted by molar-refractivity contribution is 6.31. The molecule has 0 radical (unpaired) electrons. The third-order valence-electron chi connectivity index (χ3n) is 11.2. The number of quaternary nitrogens is 1. The minimum atomic E-state index is -0.721. The second-order valence-corrected chi connectivity index (χ2v) is 16.3. The van der Waals surface area contributed by atoms with Crippen LogP contribution in [0.4, 0.5) is 21.0 Å². The third kappa shape index (κ3) is 7.48. The number of hydrogen-bond donors (Lipinski definition) is 2. The van der Waals surface area contributed by atoms with Gasteiger partial charge in [-0.15, -0.1) is 0 Å². The van der Waals surface area contributed by atoms with Crippen LogP contribution in [0.1, 0.15) is 34.3 Å². The molecule has 0 saturated carbocycles. The van der Waals surface area contributed by atoms with Gasteiger partial charge < -0.3 is 24.9 Å². The highest BCUT2D eigenvalue weighted by Crippen LogP contribution is 2.41. The van der Waals surface area contributed by atoms with Crippen molar-refractivity contribution < 1.29 is 23.7 Å². The summed E-state index contributed by atoms with van der Waals surface area (Å²) in [5.41, 5.74) is 5.37. The molecule has 13 nitrogen and oxygen atoms in total. The molecule has 0 bridgehead atoms. The van der Waals surface area contributed by atoms with Crippen LogP contribution in [0, 0.1) is 22.7 Å². The summed E-state index contributed by atoms with van der Waals surface area (Å²) in [6.45, 7) is 2.18. The van der Waals surface area contributed by atoms with Gasteiger partial charge in [0, 0.05) is 10.0 Å². The van der Waals surface area contributed by atoms with E-state index >= 15 is 0 Å². The molecule has 0 saturated heterocycles. The number of halogens is 2. The molecule has 6 amide bonds. The van der Waals surface area contributed by atoms with Crippen molar-refractivity contribution in [2.24, 2.45) is 0 Å². The first-order valence-corrected chi connectivity index (χ1v) is 19.7. The smallest absolute Gasteiger partial charge is 0.327 e. The molecule has 0 spiro atoms. The number of nitrogens with one attached hydrogen (secondary N) is 2. The molecular formula is C44H38Cl2N9O4+. The summed E-state index contributed by atoms with van der Waals surface area (Å²) < 4.78 is 0.450. The molecule has 4 aliphatic rings. The Labute approximate surface area is 351 Å². The summed E-state index contributed by atoms with van der Waals surface area (Å²) in [5, 5.41) is 25.6. The molecule has 15 heteroatoms. The van der Waals surface area contributed by atoms with Gasteiger partial charge in [0.1, 0.15) is 0 Å². The standard InChI is InChI=1S/C44H37Cl2N9O4/c1-55(2,19-17-51-25-35-37(41(51)56)39(29-13-9-27(23-47)10-14-29)49-43(58)53(35)33-7-3-5-31(45)21-33)20-18-52-26-36-38(42(52)57)40(30-15-11-28(24-48)12-16-30)50-44(59)54(36)34-8-4-6-32(46)22-34/h3-16,21-22,39-40H,17-20,25-26H2,1-2H3,(H-,49,50,58,59)/p+1/t39-,40-/m1/s1. The highest BCUT2D eigenvalue weighted by Gasteiger charge is 2.47. The molecule has 8 rings (SSSR count). The van der Waals surface area contributed by atoms with Crippen LogP contribution in [0.5, 0.6) is 0 Å². The molecule has 59 heavy (non-hydrogen) atoms. The Kier molecular flexibility index (Phi) is 10.4. The minimum Gasteiger partial charge on any atom is -0.327 e. The summed E-state index contributed by atoms with van der Waals surface area (Å²) in [5.74, 6) is -0.416. The number of benzene rings is 4. The van der Waals surface area contributed by atoms with E-state index in [9.17, 15) is 29.7 Å². The van der Waals surface area contributed by atoms with Crippen molar-refractivity contribution >= 4 is 58.5 Å². The van der Waals surface area contributed by atoms with Crippen molar-refractivity contribution in [3.8, 4) is 12.1 Å². The van der Waals surface area contributed by atoms with Crippen molar-refractivity contribution in [3.05, 3.63) is 152 Å². The van der Waals surface area contributed by atoms with E-state index in [2.05, 4.69) is 22.8 Å². The van der Waals surface area contributed by atoms with Crippen LogP contribution < -0.4 is 20.4 Å². The van der Waals surface area contributed by atoms with Gasteiger partial charge in [-0.25, -0.2) is 9.59 Å². The number of nitrogens with zero attached hydrogens (tertiary/aromatic N) is 7. The van der Waals surface area contributed by atoms with E-state index in [-0.39, 0.29) is 24.9 Å². The molecule has 296 valence electrons. The lowest BCUT2D eigenvalue weighted by atomic mass is 9.94. The first-order valence-electron chi connectivity index (χ1n) is 18.9. The van der Waals surface area contributed by atoms with Gasteiger partial charge in [0.15, 0.2) is 0 Å². The lowest BCUT2D eigenvalue weighted by Gasteiger charge is -2.34. The van der Waals surface area contributed by atoms with E-state index in [0.717, 1.165) is 0 Å². The van der Waals surface area contributed by atoms with E-state index in [4.69, 9.17) is 23.2 Å². The lowest BCUT2D eigenvalue weighted by molar-refractivity contribution is -0.889. The first kappa shape index (κ1) is 39.2. The highest BCUT2D eigenvalue weighted by atomic mass is 35.5. The molecule has 4 heterocycles. The number of likely N-dealkylation sites (N-methyl/N-ethyl adjacent to an activating group) is 1. The van der Waals surface area contributed by atoms with Gasteiger partial charge in [0.05, 0.1) is 123 Å². The van der Waals surface area contributed by atoms with Crippen LogP contribution in [0.15, 0.2) is 120 Å². The van der Waals surface area contributed by atoms with Crippen molar-refractivity contribution in [2.75, 3.05) is 63.2 Å². The minimum absolute atomic E-state index is 0.194. The number of anilines is 2. The van der Waals surface area contributed by atoms with Gasteiger partial charge in [0.2, 0.25) is 0 Å². The monoisotopic (exact) mass is 826 g/mol. The molecule has 2 N–H and O–H groups in total. The molecule has 4 aromatic rings. The maximum absolute atomic E-state index is 14.3. The van der Waals surface area contributed by atoms with Crippen molar-refractivity contribution in [1.82, 2.24) is 20.4 Å². The quantitative estimate of drug-likeness (QED) is 0.181. The topological polar surface area (TPSA) is 153 Å². The number of carbonyl (C=O) groups excluding carboxylic acids is 4. The molecule has 0 unspecified atom stereocenters. The predicted octanol–water partition coefficient (Wildman–Crippen LogP) is 6.25. The fourth-order valence-corrected chi connectivity index (χ4v) is 8.39. The van der Waals surface area contributed by atoms with Gasteiger partial charge >= 0.3 is 12.1 Å². The van der Waals surface area contributed by atoms with Crippen LogP contribution in [-0.2, 0) is 9.59 Å². The zero-order valence-corrected chi connectivity index (χ0v) is 33.7. The second kappa shape index (κ2) is 15.6. The summed E-state index contributed by atoms with van der Waals surface area (Å²) in [6, 6.07) is 29.5. The number of carbonyl (C=O) groups is 4. The van der Waals surface area contributed by atoms with Crippen LogP contribution in [0.3, 0.4) is 0 Å². The van der Waals surface area contributed by atoms with Gasteiger partial charge in [0.25, 0.3) is 11.8 Å². The van der Waals surface area contributed by atoms with Crippen molar-refractivity contribution in [3.63, 3.8) is 0 Å². The Bertz CT molecular complexity index is 2380. The molecule has 0 aromatic heterocycles. The predicted molar refractivity (Wildman–Crippen MR) is 222 cm³/mol. The molecule has 4 aliphatic heterocycles. The van der Waals surface area contributed by atoms with Crippen LogP contribution >= 0.6 is 23.2 Å². The van der Waals surface area contributed by atoms with Gasteiger partial charge in [-0.3, -0.25) is 19.4 Å². The zero-order chi connectivity index (χ0) is 41.6. The summed E-state index contributed by atoms with van der Waals surface area (Å²) in [4.78, 5) is 62.7. The molecule has 0 fully saturated rings. The van der Waals surface area contributed by atoms with E-state index in [1.807, 2.05) is 14.1 Å². The van der Waals surface area contributed by atoms with Crippen LogP contribution in [0.2, 0.25) is 10.0 Å². The fraction of sp³-hybridized carbons (Fsp3) is 0.227. The SMILES string of the molecule is C[N+](C)(CCN1CC2=C(C1=O)[C@@H](c1ccc(C#N)cc1)NC(=O)N2c1cccc(Cl)c1)CCN1CC2=C(C1=O)[C@@H](c1ccc(C#N)cc1)NC(=O)N2c1cccc(Cl)c1. The molecule has 4 aromatic carbocycles. The second-order valence-electron chi connectivity index (χ2n) is 15.4. The van der Waals surface area contributed by atoms with E-state index in [1.54, 1.807) is 107 Å². The largest absolute Gasteiger partial charge is 0.327 e. The number of urea groups is 2. The third-order valence-corrected chi connectivity index (χ3v) is 11.7. The molecule has 0 aliphatic carbocycles. The average molecular weight is 828 g/mol. The Morgan fingerprint density at radius 2 is 1.02 bits per heavy atom. The Hall–Kier alpha value is -6.64. The lowest BCUT2D eigenvalue weighted by Crippen LogP contribution is -2.50. The number of amides is 6. The molecular weight excluding hydrogens is 789 g/mol. The van der Waals surface area contributed by atoms with Gasteiger partial charge in [-0.1, -0.05) is 59.6 Å². The zero-order valence-electron chi connectivity index (χ0n) is 32.2. The van der Waals surface area contributed by atoms with E-state index in [0.29, 0.717) is 96.9 Å². The van der Waals surface area contributed by atoms with E-state index < -0.39 is 24.1 Å².